The van der Waals surface area contributed by atoms with E-state index in [1.54, 1.807) is 30.5 Å². The second kappa shape index (κ2) is 8.90. The number of aromatic nitrogens is 2. The summed E-state index contributed by atoms with van der Waals surface area (Å²) in [6.07, 6.45) is 7.07. The van der Waals surface area contributed by atoms with Crippen molar-refractivity contribution in [2.24, 2.45) is 11.8 Å². The summed E-state index contributed by atoms with van der Waals surface area (Å²) in [4.78, 5) is 4.45. The highest BCUT2D eigenvalue weighted by Crippen LogP contribution is 2.55. The Morgan fingerprint density at radius 2 is 1.83 bits per heavy atom. The highest BCUT2D eigenvalue weighted by molar-refractivity contribution is 6.39. The molecule has 2 heterocycles. The first-order chi connectivity index (χ1) is 17.0. The fourth-order valence-corrected chi connectivity index (χ4v) is 6.60. The summed E-state index contributed by atoms with van der Waals surface area (Å²) in [5.74, 6) is 1.30. The number of nitrogens with zero attached hydrogens (tertiary/aromatic N) is 3. The third-order valence-corrected chi connectivity index (χ3v) is 8.56. The molecule has 6 nitrogen and oxygen atoms in total. The van der Waals surface area contributed by atoms with Crippen molar-refractivity contribution < 1.29 is 14.4 Å². The topological polar surface area (TPSA) is 92.2 Å². The molecule has 0 radical (unpaired) electrons. The number of ether oxygens (including phenoxy) is 1. The van der Waals surface area contributed by atoms with E-state index in [-0.39, 0.29) is 17.9 Å². The number of fused-ring (bicyclic) bond motifs is 2. The summed E-state index contributed by atoms with van der Waals surface area (Å²) in [5.41, 5.74) is 2.35. The number of pyridine rings is 1. The second-order valence-electron chi connectivity index (χ2n) is 9.99. The van der Waals surface area contributed by atoms with E-state index in [0.717, 1.165) is 49.8 Å². The van der Waals surface area contributed by atoms with Gasteiger partial charge in [0.15, 0.2) is 0 Å². The van der Waals surface area contributed by atoms with Crippen LogP contribution in [0.2, 0.25) is 10.0 Å². The van der Waals surface area contributed by atoms with Crippen molar-refractivity contribution in [2.45, 2.75) is 62.8 Å². The molecule has 3 fully saturated rings. The summed E-state index contributed by atoms with van der Waals surface area (Å²) in [6.45, 7) is 0.358. The zero-order valence-electron chi connectivity index (χ0n) is 19.1. The number of hydrogen-bond acceptors (Lipinski definition) is 6. The number of hydrogen-bond donors (Lipinski definition) is 1. The first-order valence-electron chi connectivity index (χ1n) is 12.1. The van der Waals surface area contributed by atoms with Crippen molar-refractivity contribution in [3.8, 4) is 17.3 Å². The molecule has 0 amide bonds. The third kappa shape index (κ3) is 3.95. The molecule has 180 valence electrons. The minimum Gasteiger partial charge on any atom is -0.383 e. The van der Waals surface area contributed by atoms with Gasteiger partial charge in [-0.05, 0) is 74.6 Å². The molecular formula is C27H25Cl2N3O3. The Balaban J connectivity index is 1.23. The van der Waals surface area contributed by atoms with Gasteiger partial charge in [-0.2, -0.15) is 5.26 Å². The lowest BCUT2D eigenvalue weighted by molar-refractivity contribution is -0.118. The van der Waals surface area contributed by atoms with Crippen LogP contribution >= 0.6 is 23.2 Å². The quantitative estimate of drug-likeness (QED) is 0.414. The van der Waals surface area contributed by atoms with E-state index in [4.69, 9.17) is 32.5 Å². The molecule has 1 aromatic carbocycles. The Morgan fingerprint density at radius 1 is 1.11 bits per heavy atom. The van der Waals surface area contributed by atoms with E-state index in [9.17, 15) is 10.4 Å². The predicted octanol–water partition coefficient (Wildman–Crippen LogP) is 6.39. The highest BCUT2D eigenvalue weighted by Gasteiger charge is 2.55. The minimum absolute atomic E-state index is 0.00319. The molecule has 1 N–H and O–H groups in total. The lowest BCUT2D eigenvalue weighted by atomic mass is 9.71. The van der Waals surface area contributed by atoms with Crippen molar-refractivity contribution >= 4 is 23.2 Å². The lowest BCUT2D eigenvalue weighted by Crippen LogP contribution is -2.45. The van der Waals surface area contributed by atoms with Crippen LogP contribution < -0.4 is 0 Å². The zero-order chi connectivity index (χ0) is 24.2. The molecule has 3 aliphatic rings. The molecule has 0 aliphatic heterocycles. The van der Waals surface area contributed by atoms with E-state index in [0.29, 0.717) is 45.1 Å². The molecule has 3 aromatic rings. The van der Waals surface area contributed by atoms with E-state index < -0.39 is 5.60 Å². The Hall–Kier alpha value is -2.43. The summed E-state index contributed by atoms with van der Waals surface area (Å²) in [6, 6.07) is 11.0. The van der Waals surface area contributed by atoms with Gasteiger partial charge < -0.3 is 14.4 Å². The van der Waals surface area contributed by atoms with Crippen LogP contribution in [0.5, 0.6) is 0 Å². The summed E-state index contributed by atoms with van der Waals surface area (Å²) < 4.78 is 12.2. The molecule has 35 heavy (non-hydrogen) atoms. The van der Waals surface area contributed by atoms with E-state index in [1.807, 2.05) is 6.07 Å². The Labute approximate surface area is 213 Å². The first kappa shape index (κ1) is 23.0. The van der Waals surface area contributed by atoms with Gasteiger partial charge in [-0.15, -0.1) is 0 Å². The summed E-state index contributed by atoms with van der Waals surface area (Å²) in [5, 5.41) is 26.4. The van der Waals surface area contributed by atoms with Gasteiger partial charge in [0, 0.05) is 23.2 Å². The Bertz CT molecular complexity index is 1280. The van der Waals surface area contributed by atoms with Crippen LogP contribution in [-0.2, 0) is 16.9 Å². The van der Waals surface area contributed by atoms with E-state index in [2.05, 4.69) is 16.2 Å². The zero-order valence-corrected chi connectivity index (χ0v) is 20.6. The molecule has 2 bridgehead atoms. The van der Waals surface area contributed by atoms with Crippen molar-refractivity contribution in [3.63, 3.8) is 0 Å². The molecule has 0 spiro atoms. The van der Waals surface area contributed by atoms with Crippen molar-refractivity contribution in [1.82, 2.24) is 10.1 Å². The molecule has 2 unspecified atom stereocenters. The number of halogens is 2. The van der Waals surface area contributed by atoms with Gasteiger partial charge in [0.05, 0.1) is 40.1 Å². The number of aliphatic hydroxyl groups is 1. The van der Waals surface area contributed by atoms with Gasteiger partial charge in [-0.25, -0.2) is 0 Å². The largest absolute Gasteiger partial charge is 0.383 e. The molecule has 6 rings (SSSR count). The molecule has 3 aliphatic carbocycles. The van der Waals surface area contributed by atoms with E-state index in [1.165, 1.54) is 0 Å². The maximum Gasteiger partial charge on any atom is 0.145 e. The van der Waals surface area contributed by atoms with Crippen LogP contribution in [0.1, 0.15) is 67.0 Å². The van der Waals surface area contributed by atoms with Crippen molar-refractivity contribution in [3.05, 3.63) is 69.2 Å². The molecule has 0 saturated heterocycles. The SMILES string of the molecule is N#Cc1ccnc(C2(O)[C@@H]3CC[C@H]2CC(OCc2c(-c4c(Cl)cccc4Cl)noc2C2CC2)C3)c1. The Morgan fingerprint density at radius 3 is 2.49 bits per heavy atom. The summed E-state index contributed by atoms with van der Waals surface area (Å²) >= 11 is 13.0. The fraction of sp³-hybridized carbons (Fsp3) is 0.444. The first-order valence-corrected chi connectivity index (χ1v) is 12.9. The molecule has 3 saturated carbocycles. The van der Waals surface area contributed by atoms with Crippen LogP contribution in [-0.4, -0.2) is 21.4 Å². The van der Waals surface area contributed by atoms with Crippen LogP contribution in [0.25, 0.3) is 11.3 Å². The van der Waals surface area contributed by atoms with Crippen LogP contribution in [0.15, 0.2) is 41.1 Å². The molecule has 2 aromatic heterocycles. The van der Waals surface area contributed by atoms with Gasteiger partial charge in [-0.1, -0.05) is 34.4 Å². The minimum atomic E-state index is -1.01. The molecule has 4 atom stereocenters. The van der Waals surface area contributed by atoms with Gasteiger partial charge in [0.2, 0.25) is 0 Å². The predicted molar refractivity (Wildman–Crippen MR) is 131 cm³/mol. The van der Waals surface area contributed by atoms with Gasteiger partial charge >= 0.3 is 0 Å². The Kier molecular flexibility index (Phi) is 5.85. The lowest BCUT2D eigenvalue weighted by Gasteiger charge is -2.42. The van der Waals surface area contributed by atoms with Crippen LogP contribution in [0.4, 0.5) is 0 Å². The highest BCUT2D eigenvalue weighted by atomic mass is 35.5. The van der Waals surface area contributed by atoms with Gasteiger partial charge in [-0.3, -0.25) is 4.98 Å². The maximum atomic E-state index is 11.7. The molecule has 8 heteroatoms. The standard InChI is InChI=1S/C27H25Cl2N3O3/c28-21-2-1-3-22(29)24(21)25-20(26(35-32-25)16-4-5-16)14-34-19-11-17-6-7-18(12-19)27(17,33)23-10-15(13-30)8-9-31-23/h1-3,8-10,16-19,33H,4-7,11-12,14H2/t17-,18+,19?,27?. The van der Waals surface area contributed by atoms with Crippen LogP contribution in [0, 0.1) is 23.2 Å². The van der Waals surface area contributed by atoms with Gasteiger partial charge in [0.1, 0.15) is 17.1 Å². The van der Waals surface area contributed by atoms with E-state index >= 15 is 0 Å². The van der Waals surface area contributed by atoms with Gasteiger partial charge in [0.25, 0.3) is 0 Å². The number of rotatable bonds is 6. The molecular weight excluding hydrogens is 485 g/mol. The third-order valence-electron chi connectivity index (χ3n) is 7.93. The fourth-order valence-electron chi connectivity index (χ4n) is 6.02. The monoisotopic (exact) mass is 509 g/mol. The van der Waals surface area contributed by atoms with Crippen molar-refractivity contribution in [2.75, 3.05) is 0 Å². The second-order valence-corrected chi connectivity index (χ2v) is 10.8. The number of nitriles is 1. The summed E-state index contributed by atoms with van der Waals surface area (Å²) in [7, 11) is 0. The van der Waals surface area contributed by atoms with Crippen molar-refractivity contribution in [1.29, 1.82) is 5.26 Å². The average molecular weight is 510 g/mol. The normalized spacial score (nSPS) is 27.7. The smallest absolute Gasteiger partial charge is 0.145 e. The number of benzene rings is 1. The average Bonchev–Trinajstić information content (AvgIpc) is 3.60. The van der Waals surface area contributed by atoms with Crippen LogP contribution in [0.3, 0.4) is 0 Å². The maximum absolute atomic E-state index is 11.7.